The summed E-state index contributed by atoms with van der Waals surface area (Å²) in [7, 11) is 0. The summed E-state index contributed by atoms with van der Waals surface area (Å²) in [5, 5.41) is 0. The Morgan fingerprint density at radius 2 is 2.00 bits per heavy atom. The van der Waals surface area contributed by atoms with Crippen LogP contribution in [0.15, 0.2) is 36.7 Å². The van der Waals surface area contributed by atoms with E-state index in [4.69, 9.17) is 10.5 Å². The summed E-state index contributed by atoms with van der Waals surface area (Å²) in [6.07, 6.45) is 4.26. The van der Waals surface area contributed by atoms with Gasteiger partial charge in [-0.05, 0) is 43.1 Å². The van der Waals surface area contributed by atoms with Crippen LogP contribution in [0.1, 0.15) is 11.1 Å². The van der Waals surface area contributed by atoms with Crippen LogP contribution in [-0.4, -0.2) is 16.5 Å². The molecule has 0 bridgehead atoms. The fourth-order valence-corrected chi connectivity index (χ4v) is 1.48. The number of benzene rings is 1. The molecule has 0 spiro atoms. The summed E-state index contributed by atoms with van der Waals surface area (Å²) in [5.74, 6) is 0.747. The Hall–Kier alpha value is -1.94. The fraction of sp³-hybridized carbons (Fsp3) is 0.231. The largest absolute Gasteiger partial charge is 0.424 e. The highest BCUT2D eigenvalue weighted by atomic mass is 16.5. The van der Waals surface area contributed by atoms with Crippen molar-refractivity contribution in [2.45, 2.75) is 13.3 Å². The Kier molecular flexibility index (Phi) is 3.67. The lowest BCUT2D eigenvalue weighted by molar-refractivity contribution is 0.440. The first-order valence-electron chi connectivity index (χ1n) is 5.53. The molecular formula is C13H15N3O. The molecule has 1 aromatic heterocycles. The molecule has 0 fully saturated rings. The average molecular weight is 229 g/mol. The second kappa shape index (κ2) is 5.41. The summed E-state index contributed by atoms with van der Waals surface area (Å²) >= 11 is 0. The second-order valence-corrected chi connectivity index (χ2v) is 3.83. The van der Waals surface area contributed by atoms with E-state index in [9.17, 15) is 0 Å². The molecule has 0 saturated carbocycles. The highest BCUT2D eigenvalue weighted by molar-refractivity contribution is 5.29. The van der Waals surface area contributed by atoms with Gasteiger partial charge in [0.1, 0.15) is 5.75 Å². The SMILES string of the molecule is Cc1cccc(Oc2ncc(CCN)cn2)c1. The van der Waals surface area contributed by atoms with Gasteiger partial charge in [-0.25, -0.2) is 9.97 Å². The van der Waals surface area contributed by atoms with Crippen molar-refractivity contribution < 1.29 is 4.74 Å². The monoisotopic (exact) mass is 229 g/mol. The van der Waals surface area contributed by atoms with Crippen LogP contribution < -0.4 is 10.5 Å². The van der Waals surface area contributed by atoms with Gasteiger partial charge in [-0.15, -0.1) is 0 Å². The van der Waals surface area contributed by atoms with Crippen LogP contribution in [-0.2, 0) is 6.42 Å². The predicted octanol–water partition coefficient (Wildman–Crippen LogP) is 2.08. The Labute approximate surface area is 100 Å². The van der Waals surface area contributed by atoms with Gasteiger partial charge in [0.2, 0.25) is 0 Å². The minimum atomic E-state index is 0.358. The van der Waals surface area contributed by atoms with Gasteiger partial charge in [0.15, 0.2) is 0 Å². The van der Waals surface area contributed by atoms with E-state index < -0.39 is 0 Å². The molecule has 0 aliphatic heterocycles. The van der Waals surface area contributed by atoms with Crippen molar-refractivity contribution in [1.82, 2.24) is 9.97 Å². The topological polar surface area (TPSA) is 61.0 Å². The van der Waals surface area contributed by atoms with Crippen molar-refractivity contribution in [1.29, 1.82) is 0 Å². The lowest BCUT2D eigenvalue weighted by Crippen LogP contribution is -2.03. The number of ether oxygens (including phenoxy) is 1. The summed E-state index contributed by atoms with van der Waals surface area (Å²) < 4.78 is 5.54. The first-order valence-corrected chi connectivity index (χ1v) is 5.53. The molecule has 0 atom stereocenters. The van der Waals surface area contributed by atoms with Crippen LogP contribution in [0, 0.1) is 6.92 Å². The van der Waals surface area contributed by atoms with Crippen molar-refractivity contribution in [3.05, 3.63) is 47.8 Å². The van der Waals surface area contributed by atoms with Crippen LogP contribution in [0.3, 0.4) is 0 Å². The van der Waals surface area contributed by atoms with Crippen LogP contribution >= 0.6 is 0 Å². The van der Waals surface area contributed by atoms with Crippen molar-refractivity contribution >= 4 is 0 Å². The normalized spacial score (nSPS) is 10.2. The van der Waals surface area contributed by atoms with Crippen molar-refractivity contribution in [3.8, 4) is 11.8 Å². The zero-order valence-electron chi connectivity index (χ0n) is 9.76. The molecule has 17 heavy (non-hydrogen) atoms. The molecule has 4 heteroatoms. The van der Waals surface area contributed by atoms with Crippen LogP contribution in [0.2, 0.25) is 0 Å². The second-order valence-electron chi connectivity index (χ2n) is 3.83. The highest BCUT2D eigenvalue weighted by Crippen LogP contribution is 2.18. The van der Waals surface area contributed by atoms with Gasteiger partial charge < -0.3 is 10.5 Å². The van der Waals surface area contributed by atoms with Crippen LogP contribution in [0.25, 0.3) is 0 Å². The first kappa shape index (κ1) is 11.5. The summed E-state index contributed by atoms with van der Waals surface area (Å²) in [5.41, 5.74) is 7.61. The number of rotatable bonds is 4. The first-order chi connectivity index (χ1) is 8.28. The maximum atomic E-state index is 5.54. The van der Waals surface area contributed by atoms with Crippen LogP contribution in [0.4, 0.5) is 0 Å². The van der Waals surface area contributed by atoms with Gasteiger partial charge in [0.05, 0.1) is 0 Å². The molecule has 0 aliphatic rings. The Morgan fingerprint density at radius 1 is 1.24 bits per heavy atom. The van der Waals surface area contributed by atoms with E-state index in [0.29, 0.717) is 12.6 Å². The number of nitrogens with two attached hydrogens (primary N) is 1. The number of aromatic nitrogens is 2. The maximum Gasteiger partial charge on any atom is 0.321 e. The maximum absolute atomic E-state index is 5.54. The molecule has 0 aliphatic carbocycles. The summed E-state index contributed by atoms with van der Waals surface area (Å²) in [4.78, 5) is 8.27. The Bertz CT molecular complexity index is 482. The molecule has 2 aromatic rings. The lowest BCUT2D eigenvalue weighted by atomic mass is 10.2. The Morgan fingerprint density at radius 3 is 2.65 bits per heavy atom. The summed E-state index contributed by atoms with van der Waals surface area (Å²) in [6, 6.07) is 8.13. The number of hydrogen-bond acceptors (Lipinski definition) is 4. The molecule has 0 radical (unpaired) electrons. The molecular weight excluding hydrogens is 214 g/mol. The quantitative estimate of drug-likeness (QED) is 0.872. The molecule has 2 rings (SSSR count). The molecule has 88 valence electrons. The van der Waals surface area contributed by atoms with Gasteiger partial charge in [0, 0.05) is 12.4 Å². The predicted molar refractivity (Wildman–Crippen MR) is 66.0 cm³/mol. The molecule has 2 N–H and O–H groups in total. The van der Waals surface area contributed by atoms with Crippen molar-refractivity contribution in [2.75, 3.05) is 6.54 Å². The minimum absolute atomic E-state index is 0.358. The van der Waals surface area contributed by atoms with Crippen molar-refractivity contribution in [3.63, 3.8) is 0 Å². The summed E-state index contributed by atoms with van der Waals surface area (Å²) in [6.45, 7) is 2.61. The molecule has 4 nitrogen and oxygen atoms in total. The van der Waals surface area contributed by atoms with Gasteiger partial charge in [0.25, 0.3) is 0 Å². The molecule has 0 unspecified atom stereocenters. The molecule has 1 aromatic carbocycles. The van der Waals surface area contributed by atoms with E-state index in [2.05, 4.69) is 9.97 Å². The van der Waals surface area contributed by atoms with Gasteiger partial charge >= 0.3 is 6.01 Å². The standard InChI is InChI=1S/C13H15N3O/c1-10-3-2-4-12(7-10)17-13-15-8-11(5-6-14)9-16-13/h2-4,7-9H,5-6,14H2,1H3. The average Bonchev–Trinajstić information content (AvgIpc) is 2.32. The number of nitrogens with zero attached hydrogens (tertiary/aromatic N) is 2. The third-order valence-corrected chi connectivity index (χ3v) is 2.31. The zero-order valence-corrected chi connectivity index (χ0v) is 9.76. The van der Waals surface area contributed by atoms with Gasteiger partial charge in [-0.2, -0.15) is 0 Å². The fourth-order valence-electron chi connectivity index (χ4n) is 1.48. The smallest absolute Gasteiger partial charge is 0.321 e. The molecule has 0 amide bonds. The number of hydrogen-bond donors (Lipinski definition) is 1. The number of aryl methyl sites for hydroxylation is 1. The zero-order chi connectivity index (χ0) is 12.1. The van der Waals surface area contributed by atoms with Crippen molar-refractivity contribution in [2.24, 2.45) is 5.73 Å². The van der Waals surface area contributed by atoms with Gasteiger partial charge in [-0.1, -0.05) is 12.1 Å². The Balaban J connectivity index is 2.08. The van der Waals surface area contributed by atoms with E-state index in [1.54, 1.807) is 12.4 Å². The highest BCUT2D eigenvalue weighted by Gasteiger charge is 2.00. The third-order valence-electron chi connectivity index (χ3n) is 2.31. The van der Waals surface area contributed by atoms with Crippen LogP contribution in [0.5, 0.6) is 11.8 Å². The van der Waals surface area contributed by atoms with E-state index in [1.165, 1.54) is 0 Å². The lowest BCUT2D eigenvalue weighted by Gasteiger charge is -2.04. The van der Waals surface area contributed by atoms with E-state index in [0.717, 1.165) is 23.3 Å². The third kappa shape index (κ3) is 3.26. The minimum Gasteiger partial charge on any atom is -0.424 e. The van der Waals surface area contributed by atoms with E-state index >= 15 is 0 Å². The van der Waals surface area contributed by atoms with E-state index in [-0.39, 0.29) is 0 Å². The van der Waals surface area contributed by atoms with E-state index in [1.807, 2.05) is 31.2 Å². The van der Waals surface area contributed by atoms with Gasteiger partial charge in [-0.3, -0.25) is 0 Å². The molecule has 1 heterocycles. The molecule has 0 saturated heterocycles.